The number of ether oxygens (including phenoxy) is 1. The van der Waals surface area contributed by atoms with Gasteiger partial charge in [-0.3, -0.25) is 15.0 Å². The van der Waals surface area contributed by atoms with E-state index in [9.17, 15) is 4.79 Å². The first kappa shape index (κ1) is 15.8. The Hall–Kier alpha value is -3.09. The molecule has 0 aliphatic carbocycles. The molecule has 0 radical (unpaired) electrons. The van der Waals surface area contributed by atoms with Crippen molar-refractivity contribution in [2.24, 2.45) is 0 Å². The Labute approximate surface area is 139 Å². The molecule has 1 amide bonds. The minimum Gasteiger partial charge on any atom is -0.497 e. The van der Waals surface area contributed by atoms with Crippen molar-refractivity contribution in [2.45, 2.75) is 20.3 Å². The predicted octanol–water partition coefficient (Wildman–Crippen LogP) is 2.93. The van der Waals surface area contributed by atoms with E-state index in [1.165, 1.54) is 0 Å². The molecule has 0 bridgehead atoms. The molecule has 2 aromatic heterocycles. The van der Waals surface area contributed by atoms with Gasteiger partial charge < -0.3 is 10.1 Å². The Kier molecular flexibility index (Phi) is 4.33. The van der Waals surface area contributed by atoms with Crippen molar-refractivity contribution in [3.8, 4) is 17.0 Å². The lowest BCUT2D eigenvalue weighted by atomic mass is 10.1. The average Bonchev–Trinajstić information content (AvgIpc) is 3.23. The number of benzene rings is 1. The molecule has 1 aromatic carbocycles. The monoisotopic (exact) mass is 325 g/mol. The molecule has 0 atom stereocenters. The Balaban J connectivity index is 1.76. The van der Waals surface area contributed by atoms with Crippen LogP contribution >= 0.6 is 0 Å². The highest BCUT2D eigenvalue weighted by atomic mass is 16.5. The van der Waals surface area contributed by atoms with Gasteiger partial charge in [-0.15, -0.1) is 0 Å². The second-order valence-corrected chi connectivity index (χ2v) is 5.38. The van der Waals surface area contributed by atoms with Crippen molar-refractivity contribution in [3.63, 3.8) is 0 Å². The van der Waals surface area contributed by atoms with Gasteiger partial charge >= 0.3 is 0 Å². The number of methoxy groups -OCH3 is 1. The first-order valence-electron chi connectivity index (χ1n) is 7.67. The Morgan fingerprint density at radius 1 is 1.21 bits per heavy atom. The normalized spacial score (nSPS) is 10.6. The zero-order valence-corrected chi connectivity index (χ0v) is 13.8. The van der Waals surface area contributed by atoms with E-state index in [0.717, 1.165) is 29.0 Å². The fourth-order valence-corrected chi connectivity index (χ4v) is 2.42. The first-order valence-corrected chi connectivity index (χ1v) is 7.67. The number of anilines is 1. The van der Waals surface area contributed by atoms with Crippen molar-refractivity contribution >= 4 is 11.7 Å². The van der Waals surface area contributed by atoms with Gasteiger partial charge in [-0.1, -0.05) is 6.92 Å². The number of nitrogens with zero attached hydrogens (tertiary/aromatic N) is 2. The molecule has 124 valence electrons. The molecule has 0 aliphatic rings. The third kappa shape index (κ3) is 3.01. The number of hydrogen-bond donors (Lipinski definition) is 3. The van der Waals surface area contributed by atoms with Crippen molar-refractivity contribution in [2.75, 3.05) is 12.4 Å². The number of carbonyl (C=O) groups excluding carboxylic acids is 1. The number of nitrogens with one attached hydrogen (secondary N) is 3. The van der Waals surface area contributed by atoms with Gasteiger partial charge in [-0.25, -0.2) is 0 Å². The lowest BCUT2D eigenvalue weighted by Crippen LogP contribution is -2.13. The summed E-state index contributed by atoms with van der Waals surface area (Å²) in [6.07, 6.45) is 0.834. The van der Waals surface area contributed by atoms with Crippen LogP contribution in [0.4, 0.5) is 5.82 Å². The van der Waals surface area contributed by atoms with E-state index in [4.69, 9.17) is 4.74 Å². The Morgan fingerprint density at radius 3 is 2.58 bits per heavy atom. The minimum atomic E-state index is -0.278. The van der Waals surface area contributed by atoms with E-state index in [2.05, 4.69) is 25.7 Å². The predicted molar refractivity (Wildman–Crippen MR) is 91.2 cm³/mol. The number of aromatic nitrogens is 4. The summed E-state index contributed by atoms with van der Waals surface area (Å²) in [7, 11) is 1.62. The number of hydrogen-bond acceptors (Lipinski definition) is 4. The smallest absolute Gasteiger partial charge is 0.274 e. The lowest BCUT2D eigenvalue weighted by molar-refractivity contribution is 0.102. The largest absolute Gasteiger partial charge is 0.497 e. The van der Waals surface area contributed by atoms with Crippen molar-refractivity contribution in [1.82, 2.24) is 20.4 Å². The fourth-order valence-electron chi connectivity index (χ4n) is 2.42. The van der Waals surface area contributed by atoms with Gasteiger partial charge in [0.25, 0.3) is 5.91 Å². The molecule has 3 aromatic rings. The molecule has 0 saturated carbocycles. The third-order valence-corrected chi connectivity index (χ3v) is 3.90. The summed E-state index contributed by atoms with van der Waals surface area (Å²) < 4.78 is 5.14. The van der Waals surface area contributed by atoms with E-state index in [0.29, 0.717) is 17.2 Å². The lowest BCUT2D eigenvalue weighted by Gasteiger charge is -2.01. The molecule has 7 heteroatoms. The maximum Gasteiger partial charge on any atom is 0.274 e. The zero-order chi connectivity index (χ0) is 17.1. The van der Waals surface area contributed by atoms with E-state index in [1.807, 2.05) is 38.1 Å². The van der Waals surface area contributed by atoms with Gasteiger partial charge in [0.05, 0.1) is 12.8 Å². The van der Waals surface area contributed by atoms with Crippen LogP contribution in [0.5, 0.6) is 5.75 Å². The van der Waals surface area contributed by atoms with Crippen LogP contribution in [0.2, 0.25) is 0 Å². The number of aromatic amines is 2. The van der Waals surface area contributed by atoms with E-state index in [1.54, 1.807) is 13.2 Å². The van der Waals surface area contributed by atoms with Crippen LogP contribution in [0.3, 0.4) is 0 Å². The van der Waals surface area contributed by atoms with Gasteiger partial charge in [0.1, 0.15) is 11.4 Å². The van der Waals surface area contributed by atoms with Gasteiger partial charge in [0.2, 0.25) is 0 Å². The highest BCUT2D eigenvalue weighted by Crippen LogP contribution is 2.22. The number of H-pyrrole nitrogens is 2. The molecule has 0 aliphatic heterocycles. The van der Waals surface area contributed by atoms with Crippen molar-refractivity contribution in [1.29, 1.82) is 0 Å². The van der Waals surface area contributed by atoms with Crippen molar-refractivity contribution in [3.05, 3.63) is 47.3 Å². The zero-order valence-electron chi connectivity index (χ0n) is 13.8. The van der Waals surface area contributed by atoms with Crippen LogP contribution in [-0.2, 0) is 6.42 Å². The molecule has 0 unspecified atom stereocenters. The average molecular weight is 325 g/mol. The summed E-state index contributed by atoms with van der Waals surface area (Å²) in [5.41, 5.74) is 3.92. The summed E-state index contributed by atoms with van der Waals surface area (Å²) in [4.78, 5) is 12.4. The highest BCUT2D eigenvalue weighted by molar-refractivity contribution is 6.03. The summed E-state index contributed by atoms with van der Waals surface area (Å²) >= 11 is 0. The minimum absolute atomic E-state index is 0.278. The molecule has 3 rings (SSSR count). The summed E-state index contributed by atoms with van der Waals surface area (Å²) in [5.74, 6) is 1.03. The third-order valence-electron chi connectivity index (χ3n) is 3.90. The van der Waals surface area contributed by atoms with Crippen LogP contribution < -0.4 is 10.1 Å². The van der Waals surface area contributed by atoms with Gasteiger partial charge in [-0.2, -0.15) is 10.2 Å². The summed E-state index contributed by atoms with van der Waals surface area (Å²) in [6.45, 7) is 3.95. The maximum absolute atomic E-state index is 12.4. The maximum atomic E-state index is 12.4. The number of aryl methyl sites for hydroxylation is 1. The van der Waals surface area contributed by atoms with E-state index < -0.39 is 0 Å². The molecule has 0 fully saturated rings. The fraction of sp³-hybridized carbons (Fsp3) is 0.235. The van der Waals surface area contributed by atoms with Crippen LogP contribution in [0.1, 0.15) is 28.7 Å². The first-order chi connectivity index (χ1) is 11.6. The molecular formula is C17H19N5O2. The summed E-state index contributed by atoms with van der Waals surface area (Å²) in [6, 6.07) is 9.19. The van der Waals surface area contributed by atoms with E-state index >= 15 is 0 Å². The standard InChI is InChI=1S/C17H19N5O2/c1-4-13-10(2)16(22-19-13)18-17(23)15-9-14(20-21-15)11-5-7-12(24-3)8-6-11/h5-9H,4H2,1-3H3,(H,20,21)(H2,18,19,22,23). The molecule has 2 heterocycles. The summed E-state index contributed by atoms with van der Waals surface area (Å²) in [5, 5.41) is 16.8. The molecule has 0 saturated heterocycles. The van der Waals surface area contributed by atoms with Gasteiger partial charge in [0.15, 0.2) is 5.82 Å². The molecular weight excluding hydrogens is 306 g/mol. The SMILES string of the molecule is CCc1[nH]nc(NC(=O)c2cc(-c3ccc(OC)cc3)n[nH]2)c1C. The second-order valence-electron chi connectivity index (χ2n) is 5.38. The molecule has 7 nitrogen and oxygen atoms in total. The van der Waals surface area contributed by atoms with Crippen LogP contribution in [0, 0.1) is 6.92 Å². The molecule has 3 N–H and O–H groups in total. The number of amides is 1. The van der Waals surface area contributed by atoms with Crippen LogP contribution in [-0.4, -0.2) is 33.4 Å². The number of carbonyl (C=O) groups is 1. The highest BCUT2D eigenvalue weighted by Gasteiger charge is 2.15. The number of rotatable bonds is 5. The van der Waals surface area contributed by atoms with Crippen molar-refractivity contribution < 1.29 is 9.53 Å². The van der Waals surface area contributed by atoms with E-state index in [-0.39, 0.29) is 5.91 Å². The quantitative estimate of drug-likeness (QED) is 0.672. The van der Waals surface area contributed by atoms with Crippen LogP contribution in [0.15, 0.2) is 30.3 Å². The van der Waals surface area contributed by atoms with Crippen LogP contribution in [0.25, 0.3) is 11.3 Å². The Morgan fingerprint density at radius 2 is 1.96 bits per heavy atom. The second kappa shape index (κ2) is 6.57. The Bertz CT molecular complexity index is 848. The molecule has 0 spiro atoms. The topological polar surface area (TPSA) is 95.7 Å². The van der Waals surface area contributed by atoms with Gasteiger partial charge in [-0.05, 0) is 43.7 Å². The van der Waals surface area contributed by atoms with Gasteiger partial charge in [0, 0.05) is 16.8 Å². The molecule has 24 heavy (non-hydrogen) atoms.